The third-order valence-electron chi connectivity index (χ3n) is 5.98. The predicted molar refractivity (Wildman–Crippen MR) is 157 cm³/mol. The number of nitrogens with one attached hydrogen (secondary N) is 2. The van der Waals surface area contributed by atoms with E-state index in [1.54, 1.807) is 32.9 Å². The van der Waals surface area contributed by atoms with E-state index in [0.717, 1.165) is 30.4 Å². The second-order valence-corrected chi connectivity index (χ2v) is 10.4. The third-order valence-corrected chi connectivity index (χ3v) is 5.98. The van der Waals surface area contributed by atoms with Gasteiger partial charge in [0.15, 0.2) is 0 Å². The number of hydrogen-bond acceptors (Lipinski definition) is 4. The Labute approximate surface area is 233 Å². The molecule has 2 N–H and O–H groups in total. The van der Waals surface area contributed by atoms with Gasteiger partial charge in [0.2, 0.25) is 11.8 Å². The predicted octanol–water partition coefficient (Wildman–Crippen LogP) is 5.83. The molecule has 0 fully saturated rings. The van der Waals surface area contributed by atoms with Crippen molar-refractivity contribution in [3.63, 3.8) is 0 Å². The first-order chi connectivity index (χ1) is 18.6. The maximum absolute atomic E-state index is 14.2. The summed E-state index contributed by atoms with van der Waals surface area (Å²) >= 11 is 0. The van der Waals surface area contributed by atoms with Gasteiger partial charge < -0.3 is 20.3 Å². The number of alkyl carbamates (subject to hydrolysis) is 1. The fraction of sp³-hybridized carbons (Fsp3) is 0.406. The Kier molecular flexibility index (Phi) is 12.5. The SMILES string of the molecule is C=CCN(C(=O)C(Cc1ccccc1)NC(=O)OC(C)(C)C)C(C(=O)NCCCCC)c1cccc(C=C)c1. The van der Waals surface area contributed by atoms with Gasteiger partial charge in [-0.25, -0.2) is 4.79 Å². The van der Waals surface area contributed by atoms with Crippen LogP contribution in [0.15, 0.2) is 73.8 Å². The van der Waals surface area contributed by atoms with E-state index in [-0.39, 0.29) is 18.9 Å². The minimum atomic E-state index is -0.972. The van der Waals surface area contributed by atoms with Crippen molar-refractivity contribution >= 4 is 24.0 Å². The average molecular weight is 534 g/mol. The Morgan fingerprint density at radius 3 is 2.36 bits per heavy atom. The first kappa shape index (κ1) is 31.3. The van der Waals surface area contributed by atoms with E-state index in [1.165, 1.54) is 4.90 Å². The van der Waals surface area contributed by atoms with Gasteiger partial charge >= 0.3 is 6.09 Å². The van der Waals surface area contributed by atoms with Crippen molar-refractivity contribution in [3.05, 3.63) is 90.5 Å². The number of nitrogens with zero attached hydrogens (tertiary/aromatic N) is 1. The number of benzene rings is 2. The molecule has 0 aliphatic carbocycles. The lowest BCUT2D eigenvalue weighted by atomic mass is 9.98. The molecule has 210 valence electrons. The van der Waals surface area contributed by atoms with E-state index < -0.39 is 29.7 Å². The monoisotopic (exact) mass is 533 g/mol. The molecule has 39 heavy (non-hydrogen) atoms. The Balaban J connectivity index is 2.50. The Hall–Kier alpha value is -3.87. The fourth-order valence-corrected chi connectivity index (χ4v) is 4.17. The first-order valence-electron chi connectivity index (χ1n) is 13.5. The Morgan fingerprint density at radius 1 is 1.03 bits per heavy atom. The van der Waals surface area contributed by atoms with Crippen LogP contribution in [0.4, 0.5) is 4.79 Å². The molecule has 2 rings (SSSR count). The molecule has 0 aliphatic rings. The molecule has 0 saturated carbocycles. The molecule has 0 saturated heterocycles. The lowest BCUT2D eigenvalue weighted by Crippen LogP contribution is -2.54. The number of carbonyl (C=O) groups is 3. The number of amides is 3. The number of ether oxygens (including phenoxy) is 1. The van der Waals surface area contributed by atoms with Crippen molar-refractivity contribution in [1.29, 1.82) is 0 Å². The highest BCUT2D eigenvalue weighted by Crippen LogP contribution is 2.25. The molecule has 2 unspecified atom stereocenters. The summed E-state index contributed by atoms with van der Waals surface area (Å²) in [6, 6.07) is 14.9. The van der Waals surface area contributed by atoms with Crippen molar-refractivity contribution in [2.24, 2.45) is 0 Å². The summed E-state index contributed by atoms with van der Waals surface area (Å²) in [5.41, 5.74) is 1.60. The molecule has 7 nitrogen and oxygen atoms in total. The van der Waals surface area contributed by atoms with Gasteiger partial charge in [0, 0.05) is 19.5 Å². The summed E-state index contributed by atoms with van der Waals surface area (Å²) < 4.78 is 5.46. The van der Waals surface area contributed by atoms with Crippen molar-refractivity contribution in [2.45, 2.75) is 71.1 Å². The number of unbranched alkanes of at least 4 members (excludes halogenated alkanes) is 2. The highest BCUT2D eigenvalue weighted by atomic mass is 16.6. The highest BCUT2D eigenvalue weighted by molar-refractivity contribution is 5.92. The van der Waals surface area contributed by atoms with Crippen LogP contribution in [0.3, 0.4) is 0 Å². The molecule has 0 radical (unpaired) electrons. The largest absolute Gasteiger partial charge is 0.444 e. The zero-order valence-electron chi connectivity index (χ0n) is 23.7. The molecule has 3 amide bonds. The van der Waals surface area contributed by atoms with Crippen molar-refractivity contribution in [1.82, 2.24) is 15.5 Å². The molecule has 0 aromatic heterocycles. The minimum absolute atomic E-state index is 0.103. The van der Waals surface area contributed by atoms with Crippen LogP contribution < -0.4 is 10.6 Å². The minimum Gasteiger partial charge on any atom is -0.444 e. The van der Waals surface area contributed by atoms with Gasteiger partial charge in [-0.15, -0.1) is 6.58 Å². The quantitative estimate of drug-likeness (QED) is 0.236. The summed E-state index contributed by atoms with van der Waals surface area (Å²) in [6.45, 7) is 15.7. The molecule has 7 heteroatoms. The van der Waals surface area contributed by atoms with Gasteiger partial charge in [0.05, 0.1) is 0 Å². The summed E-state index contributed by atoms with van der Waals surface area (Å²) in [6.07, 6.45) is 5.66. The lowest BCUT2D eigenvalue weighted by molar-refractivity contribution is -0.141. The summed E-state index contributed by atoms with van der Waals surface area (Å²) in [7, 11) is 0. The number of carbonyl (C=O) groups excluding carboxylic acids is 3. The molecule has 0 aliphatic heterocycles. The van der Waals surface area contributed by atoms with Crippen LogP contribution in [0.25, 0.3) is 6.08 Å². The van der Waals surface area contributed by atoms with E-state index >= 15 is 0 Å². The van der Waals surface area contributed by atoms with Crippen molar-refractivity contribution in [3.8, 4) is 0 Å². The normalized spacial score (nSPS) is 12.5. The Morgan fingerprint density at radius 2 is 1.74 bits per heavy atom. The summed E-state index contributed by atoms with van der Waals surface area (Å²) in [5, 5.41) is 5.76. The molecule has 2 aromatic rings. The molecular formula is C32H43N3O4. The van der Waals surface area contributed by atoms with Crippen LogP contribution in [-0.2, 0) is 20.7 Å². The highest BCUT2D eigenvalue weighted by Gasteiger charge is 2.36. The molecule has 2 aromatic carbocycles. The van der Waals surface area contributed by atoms with Crippen LogP contribution in [0, 0.1) is 0 Å². The molecule has 0 spiro atoms. The van der Waals surface area contributed by atoms with Crippen LogP contribution in [0.5, 0.6) is 0 Å². The van der Waals surface area contributed by atoms with E-state index in [0.29, 0.717) is 12.1 Å². The molecule has 2 atom stereocenters. The number of rotatable bonds is 14. The van der Waals surface area contributed by atoms with Crippen LogP contribution in [0.2, 0.25) is 0 Å². The summed E-state index contributed by atoms with van der Waals surface area (Å²) in [5.74, 6) is -0.708. The fourth-order valence-electron chi connectivity index (χ4n) is 4.17. The lowest BCUT2D eigenvalue weighted by Gasteiger charge is -2.34. The van der Waals surface area contributed by atoms with Gasteiger partial charge in [0.25, 0.3) is 0 Å². The second-order valence-electron chi connectivity index (χ2n) is 10.4. The molecular weight excluding hydrogens is 490 g/mol. The molecule has 0 heterocycles. The topological polar surface area (TPSA) is 87.7 Å². The van der Waals surface area contributed by atoms with E-state index in [4.69, 9.17) is 4.74 Å². The maximum atomic E-state index is 14.2. The van der Waals surface area contributed by atoms with Crippen LogP contribution in [-0.4, -0.2) is 47.5 Å². The zero-order valence-corrected chi connectivity index (χ0v) is 23.7. The summed E-state index contributed by atoms with van der Waals surface area (Å²) in [4.78, 5) is 42.1. The van der Waals surface area contributed by atoms with Gasteiger partial charge in [-0.05, 0) is 49.9 Å². The number of hydrogen-bond donors (Lipinski definition) is 2. The maximum Gasteiger partial charge on any atom is 0.408 e. The van der Waals surface area contributed by atoms with E-state index in [1.807, 2.05) is 54.6 Å². The van der Waals surface area contributed by atoms with Gasteiger partial charge in [0.1, 0.15) is 17.7 Å². The van der Waals surface area contributed by atoms with E-state index in [2.05, 4.69) is 30.7 Å². The van der Waals surface area contributed by atoms with Gasteiger partial charge in [-0.2, -0.15) is 0 Å². The standard InChI is InChI=1S/C32H43N3O4/c1-7-10-14-20-33-29(36)28(26-19-15-18-24(9-3)22-26)35(21-8-2)30(37)27(23-25-16-12-11-13-17-25)34-31(38)39-32(4,5)6/h8-9,11-13,15-19,22,27-28H,2-3,7,10,14,20-21,23H2,1,4-6H3,(H,33,36)(H,34,38). The van der Waals surface area contributed by atoms with Crippen LogP contribution >= 0.6 is 0 Å². The van der Waals surface area contributed by atoms with Crippen molar-refractivity contribution < 1.29 is 19.1 Å². The Bertz CT molecular complexity index is 1110. The molecule has 0 bridgehead atoms. The van der Waals surface area contributed by atoms with Gasteiger partial charge in [-0.1, -0.05) is 87.0 Å². The average Bonchev–Trinajstić information content (AvgIpc) is 2.89. The third kappa shape index (κ3) is 10.4. The van der Waals surface area contributed by atoms with Crippen molar-refractivity contribution in [2.75, 3.05) is 13.1 Å². The first-order valence-corrected chi connectivity index (χ1v) is 13.5. The van der Waals surface area contributed by atoms with Crippen LogP contribution in [0.1, 0.15) is 69.7 Å². The zero-order chi connectivity index (χ0) is 28.8. The van der Waals surface area contributed by atoms with E-state index in [9.17, 15) is 14.4 Å². The van der Waals surface area contributed by atoms with Gasteiger partial charge in [-0.3, -0.25) is 9.59 Å². The smallest absolute Gasteiger partial charge is 0.408 e. The second kappa shape index (κ2) is 15.5.